The molecule has 1 fully saturated rings. The molecule has 1 aromatic heterocycles. The van der Waals surface area contributed by atoms with Gasteiger partial charge in [0.2, 0.25) is 0 Å². The zero-order valence-electron chi connectivity index (χ0n) is 12.3. The summed E-state index contributed by atoms with van der Waals surface area (Å²) in [4.78, 5) is 2.21. The quantitative estimate of drug-likeness (QED) is 0.870. The first-order chi connectivity index (χ1) is 10.2. The Hall–Kier alpha value is -1.69. The van der Waals surface area contributed by atoms with E-state index in [9.17, 15) is 5.11 Å². The normalized spacial score (nSPS) is 16.9. The van der Waals surface area contributed by atoms with Crippen LogP contribution in [0.1, 0.15) is 5.56 Å². The Labute approximate surface area is 124 Å². The molecule has 0 aliphatic carbocycles. The summed E-state index contributed by atoms with van der Waals surface area (Å²) in [6, 6.07) is 10.1. The van der Waals surface area contributed by atoms with E-state index >= 15 is 0 Å². The molecule has 0 atom stereocenters. The van der Waals surface area contributed by atoms with E-state index in [2.05, 4.69) is 23.2 Å². The molecule has 1 aromatic carbocycles. The second kappa shape index (κ2) is 5.97. The Morgan fingerprint density at radius 1 is 1.33 bits per heavy atom. The van der Waals surface area contributed by atoms with E-state index < -0.39 is 0 Å². The standard InChI is InChI=1S/C16H21N3O2/c1-18(10-16(11-20)12-21-13-16)8-14-7-17-19(9-14)15-5-3-2-4-6-15/h2-7,9,20H,8,10-13H2,1H3. The molecule has 0 bridgehead atoms. The van der Waals surface area contributed by atoms with Crippen molar-refractivity contribution >= 4 is 0 Å². The highest BCUT2D eigenvalue weighted by molar-refractivity contribution is 5.30. The third-order valence-electron chi connectivity index (χ3n) is 3.87. The van der Waals surface area contributed by atoms with Crippen molar-refractivity contribution in [2.75, 3.05) is 33.4 Å². The summed E-state index contributed by atoms with van der Waals surface area (Å²) in [6.45, 7) is 3.13. The lowest BCUT2D eigenvalue weighted by atomic mass is 9.86. The highest BCUT2D eigenvalue weighted by atomic mass is 16.5. The van der Waals surface area contributed by atoms with Gasteiger partial charge in [0.05, 0.1) is 37.1 Å². The summed E-state index contributed by atoms with van der Waals surface area (Å²) in [5.41, 5.74) is 2.14. The van der Waals surface area contributed by atoms with Gasteiger partial charge in [0.25, 0.3) is 0 Å². The molecule has 3 rings (SSSR count). The highest BCUT2D eigenvalue weighted by Crippen LogP contribution is 2.27. The summed E-state index contributed by atoms with van der Waals surface area (Å²) in [5, 5.41) is 13.9. The van der Waals surface area contributed by atoms with Gasteiger partial charge in [-0.2, -0.15) is 5.10 Å². The summed E-state index contributed by atoms with van der Waals surface area (Å²) < 4.78 is 7.13. The zero-order valence-corrected chi connectivity index (χ0v) is 12.3. The Bertz CT molecular complexity index is 573. The van der Waals surface area contributed by atoms with Crippen LogP contribution in [-0.2, 0) is 11.3 Å². The summed E-state index contributed by atoms with van der Waals surface area (Å²) >= 11 is 0. The number of benzene rings is 1. The highest BCUT2D eigenvalue weighted by Gasteiger charge is 2.38. The molecule has 1 aliphatic heterocycles. The number of ether oxygens (including phenoxy) is 1. The maximum absolute atomic E-state index is 9.48. The first-order valence-electron chi connectivity index (χ1n) is 7.17. The molecule has 0 radical (unpaired) electrons. The fourth-order valence-electron chi connectivity index (χ4n) is 2.73. The van der Waals surface area contributed by atoms with Crippen molar-refractivity contribution in [1.82, 2.24) is 14.7 Å². The van der Waals surface area contributed by atoms with Crippen LogP contribution in [0.2, 0.25) is 0 Å². The molecule has 0 saturated carbocycles. The Morgan fingerprint density at radius 2 is 2.10 bits per heavy atom. The second-order valence-corrected chi connectivity index (χ2v) is 5.95. The lowest BCUT2D eigenvalue weighted by Crippen LogP contribution is -2.52. The van der Waals surface area contributed by atoms with Crippen molar-refractivity contribution in [3.63, 3.8) is 0 Å². The van der Waals surface area contributed by atoms with Gasteiger partial charge in [0, 0.05) is 24.8 Å². The van der Waals surface area contributed by atoms with Crippen molar-refractivity contribution in [1.29, 1.82) is 0 Å². The number of hydrogen-bond donors (Lipinski definition) is 1. The molecule has 112 valence electrons. The Kier molecular flexibility index (Phi) is 4.05. The molecular formula is C16H21N3O2. The second-order valence-electron chi connectivity index (χ2n) is 5.95. The number of nitrogens with zero attached hydrogens (tertiary/aromatic N) is 3. The molecule has 5 nitrogen and oxygen atoms in total. The van der Waals surface area contributed by atoms with Crippen LogP contribution in [0.4, 0.5) is 0 Å². The van der Waals surface area contributed by atoms with Crippen molar-refractivity contribution in [2.24, 2.45) is 5.41 Å². The lowest BCUT2D eigenvalue weighted by molar-refractivity contribution is -0.147. The third kappa shape index (κ3) is 3.15. The van der Waals surface area contributed by atoms with E-state index in [4.69, 9.17) is 4.74 Å². The number of para-hydroxylation sites is 1. The average molecular weight is 287 g/mol. The number of rotatable bonds is 6. The minimum atomic E-state index is -0.0792. The first kappa shape index (κ1) is 14.3. The van der Waals surface area contributed by atoms with Crippen molar-refractivity contribution in [3.8, 4) is 5.69 Å². The smallest absolute Gasteiger partial charge is 0.0645 e. The van der Waals surface area contributed by atoms with Gasteiger partial charge in [-0.3, -0.25) is 0 Å². The van der Waals surface area contributed by atoms with Crippen LogP contribution in [0.3, 0.4) is 0 Å². The van der Waals surface area contributed by atoms with Crippen LogP contribution < -0.4 is 0 Å². The summed E-state index contributed by atoms with van der Waals surface area (Å²) in [6.07, 6.45) is 3.95. The number of hydrogen-bond acceptors (Lipinski definition) is 4. The SMILES string of the molecule is CN(Cc1cnn(-c2ccccc2)c1)CC1(CO)COC1. The van der Waals surface area contributed by atoms with Gasteiger partial charge in [-0.05, 0) is 19.2 Å². The minimum Gasteiger partial charge on any atom is -0.396 e. The first-order valence-corrected chi connectivity index (χ1v) is 7.17. The predicted molar refractivity (Wildman–Crippen MR) is 80.2 cm³/mol. The van der Waals surface area contributed by atoms with Crippen molar-refractivity contribution < 1.29 is 9.84 Å². The number of aliphatic hydroxyl groups excluding tert-OH is 1. The molecule has 0 unspecified atom stereocenters. The van der Waals surface area contributed by atoms with Gasteiger partial charge in [0.15, 0.2) is 0 Å². The molecule has 1 N–H and O–H groups in total. The molecule has 21 heavy (non-hydrogen) atoms. The number of aromatic nitrogens is 2. The minimum absolute atomic E-state index is 0.0792. The molecule has 0 spiro atoms. The van der Waals surface area contributed by atoms with E-state index in [1.807, 2.05) is 41.2 Å². The van der Waals surface area contributed by atoms with Crippen LogP contribution in [0, 0.1) is 5.41 Å². The lowest BCUT2D eigenvalue weighted by Gasteiger charge is -2.42. The van der Waals surface area contributed by atoms with E-state index in [0.29, 0.717) is 13.2 Å². The molecule has 0 amide bonds. The van der Waals surface area contributed by atoms with Crippen LogP contribution >= 0.6 is 0 Å². The van der Waals surface area contributed by atoms with Gasteiger partial charge in [0.1, 0.15) is 0 Å². The van der Waals surface area contributed by atoms with Gasteiger partial charge in [-0.15, -0.1) is 0 Å². The van der Waals surface area contributed by atoms with Crippen LogP contribution in [0.25, 0.3) is 5.69 Å². The van der Waals surface area contributed by atoms with E-state index in [-0.39, 0.29) is 12.0 Å². The predicted octanol–water partition coefficient (Wildman–Crippen LogP) is 1.31. The molecular weight excluding hydrogens is 266 g/mol. The fraction of sp³-hybridized carbons (Fsp3) is 0.438. The van der Waals surface area contributed by atoms with Gasteiger partial charge in [-0.1, -0.05) is 18.2 Å². The molecule has 2 aromatic rings. The van der Waals surface area contributed by atoms with Gasteiger partial charge < -0.3 is 14.7 Å². The van der Waals surface area contributed by atoms with E-state index in [0.717, 1.165) is 24.3 Å². The average Bonchev–Trinajstić information content (AvgIpc) is 2.92. The van der Waals surface area contributed by atoms with E-state index in [1.54, 1.807) is 0 Å². The van der Waals surface area contributed by atoms with Crippen LogP contribution in [0.15, 0.2) is 42.7 Å². The van der Waals surface area contributed by atoms with Gasteiger partial charge in [-0.25, -0.2) is 4.68 Å². The third-order valence-corrected chi connectivity index (χ3v) is 3.87. The van der Waals surface area contributed by atoms with E-state index in [1.165, 1.54) is 0 Å². The fourth-order valence-corrected chi connectivity index (χ4v) is 2.73. The summed E-state index contributed by atoms with van der Waals surface area (Å²) in [7, 11) is 2.07. The Balaban J connectivity index is 1.62. The maximum atomic E-state index is 9.48. The topological polar surface area (TPSA) is 50.5 Å². The Morgan fingerprint density at radius 3 is 2.71 bits per heavy atom. The monoisotopic (exact) mass is 287 g/mol. The van der Waals surface area contributed by atoms with Gasteiger partial charge >= 0.3 is 0 Å². The molecule has 2 heterocycles. The maximum Gasteiger partial charge on any atom is 0.0645 e. The van der Waals surface area contributed by atoms with Crippen molar-refractivity contribution in [3.05, 3.63) is 48.3 Å². The van der Waals surface area contributed by atoms with Crippen LogP contribution in [-0.4, -0.2) is 53.2 Å². The molecule has 1 aliphatic rings. The number of aliphatic hydroxyl groups is 1. The zero-order chi connectivity index (χ0) is 14.7. The van der Waals surface area contributed by atoms with Crippen LogP contribution in [0.5, 0.6) is 0 Å². The molecule has 5 heteroatoms. The molecule has 1 saturated heterocycles. The summed E-state index contributed by atoms with van der Waals surface area (Å²) in [5.74, 6) is 0. The largest absolute Gasteiger partial charge is 0.396 e. The van der Waals surface area contributed by atoms with Crippen molar-refractivity contribution in [2.45, 2.75) is 6.54 Å².